The van der Waals surface area contributed by atoms with Crippen molar-refractivity contribution in [1.82, 2.24) is 10.2 Å². The van der Waals surface area contributed by atoms with E-state index in [9.17, 15) is 4.79 Å². The number of ether oxygens (including phenoxy) is 2. The van der Waals surface area contributed by atoms with Crippen molar-refractivity contribution in [3.05, 3.63) is 59.7 Å². The Morgan fingerprint density at radius 3 is 2.52 bits per heavy atom. The summed E-state index contributed by atoms with van der Waals surface area (Å²) in [5.74, 6) is 1.56. The molecule has 0 saturated carbocycles. The molecule has 0 bridgehead atoms. The fourth-order valence-corrected chi connectivity index (χ4v) is 2.75. The van der Waals surface area contributed by atoms with Crippen molar-refractivity contribution in [1.29, 1.82) is 0 Å². The van der Waals surface area contributed by atoms with Gasteiger partial charge in [-0.3, -0.25) is 4.79 Å². The molecule has 1 unspecified atom stereocenters. The summed E-state index contributed by atoms with van der Waals surface area (Å²) in [5.41, 5.74) is 1.98. The molecule has 0 aromatic heterocycles. The van der Waals surface area contributed by atoms with Crippen LogP contribution in [0.3, 0.4) is 0 Å². The first-order chi connectivity index (χ1) is 12.0. The smallest absolute Gasteiger partial charge is 0.224 e. The maximum Gasteiger partial charge on any atom is 0.224 e. The Kier molecular flexibility index (Phi) is 6.83. The van der Waals surface area contributed by atoms with Crippen LogP contribution in [0.15, 0.2) is 48.5 Å². The van der Waals surface area contributed by atoms with Crippen LogP contribution in [0.4, 0.5) is 0 Å². The van der Waals surface area contributed by atoms with Crippen LogP contribution < -0.4 is 14.8 Å². The van der Waals surface area contributed by atoms with Gasteiger partial charge in [0.05, 0.1) is 26.7 Å². The van der Waals surface area contributed by atoms with Gasteiger partial charge < -0.3 is 19.7 Å². The Morgan fingerprint density at radius 2 is 1.84 bits per heavy atom. The average molecular weight is 342 g/mol. The van der Waals surface area contributed by atoms with E-state index in [1.165, 1.54) is 0 Å². The number of hydrogen-bond acceptors (Lipinski definition) is 4. The lowest BCUT2D eigenvalue weighted by Gasteiger charge is -2.26. The summed E-state index contributed by atoms with van der Waals surface area (Å²) in [5, 5.41) is 3.02. The SMILES string of the molecule is COc1cccc(CC(=O)NCC(c2ccccc2OC)N(C)C)c1. The summed E-state index contributed by atoms with van der Waals surface area (Å²) >= 11 is 0. The molecule has 0 heterocycles. The molecule has 0 fully saturated rings. The van der Waals surface area contributed by atoms with Crippen LogP contribution >= 0.6 is 0 Å². The van der Waals surface area contributed by atoms with Crippen molar-refractivity contribution in [3.8, 4) is 11.5 Å². The summed E-state index contributed by atoms with van der Waals surface area (Å²) < 4.78 is 10.6. The zero-order valence-corrected chi connectivity index (χ0v) is 15.3. The second-order valence-electron chi connectivity index (χ2n) is 6.05. The third kappa shape index (κ3) is 5.22. The number of carbonyl (C=O) groups is 1. The minimum atomic E-state index is -0.0185. The fourth-order valence-electron chi connectivity index (χ4n) is 2.75. The maximum absolute atomic E-state index is 12.3. The summed E-state index contributed by atoms with van der Waals surface area (Å²) in [7, 11) is 7.26. The molecule has 0 aliphatic carbocycles. The minimum Gasteiger partial charge on any atom is -0.497 e. The molecule has 1 atom stereocenters. The van der Waals surface area contributed by atoms with E-state index in [1.54, 1.807) is 14.2 Å². The van der Waals surface area contributed by atoms with E-state index in [4.69, 9.17) is 9.47 Å². The Hall–Kier alpha value is -2.53. The van der Waals surface area contributed by atoms with Gasteiger partial charge in [0.15, 0.2) is 0 Å². The van der Waals surface area contributed by atoms with Crippen molar-refractivity contribution in [2.75, 3.05) is 34.9 Å². The van der Waals surface area contributed by atoms with Crippen molar-refractivity contribution in [2.45, 2.75) is 12.5 Å². The number of methoxy groups -OCH3 is 2. The highest BCUT2D eigenvalue weighted by atomic mass is 16.5. The maximum atomic E-state index is 12.3. The van der Waals surface area contributed by atoms with Crippen molar-refractivity contribution in [2.24, 2.45) is 0 Å². The van der Waals surface area contributed by atoms with Crippen molar-refractivity contribution < 1.29 is 14.3 Å². The molecule has 5 heteroatoms. The molecule has 134 valence electrons. The zero-order chi connectivity index (χ0) is 18.2. The van der Waals surface area contributed by atoms with Crippen LogP contribution in [0.2, 0.25) is 0 Å². The molecule has 0 radical (unpaired) electrons. The summed E-state index contributed by atoms with van der Waals surface area (Å²) in [4.78, 5) is 14.4. The van der Waals surface area contributed by atoms with Crippen LogP contribution in [-0.4, -0.2) is 45.7 Å². The van der Waals surface area contributed by atoms with Crippen molar-refractivity contribution >= 4 is 5.91 Å². The topological polar surface area (TPSA) is 50.8 Å². The van der Waals surface area contributed by atoms with E-state index in [1.807, 2.05) is 62.6 Å². The van der Waals surface area contributed by atoms with E-state index in [-0.39, 0.29) is 11.9 Å². The van der Waals surface area contributed by atoms with Gasteiger partial charge in [-0.25, -0.2) is 0 Å². The normalized spacial score (nSPS) is 11.9. The van der Waals surface area contributed by atoms with E-state index < -0.39 is 0 Å². The van der Waals surface area contributed by atoms with E-state index in [2.05, 4.69) is 10.2 Å². The molecule has 2 rings (SSSR count). The van der Waals surface area contributed by atoms with Gasteiger partial charge in [-0.05, 0) is 37.9 Å². The molecule has 0 aliphatic rings. The number of rotatable bonds is 8. The molecule has 1 amide bonds. The lowest BCUT2D eigenvalue weighted by molar-refractivity contribution is -0.120. The number of nitrogens with zero attached hydrogens (tertiary/aromatic N) is 1. The first kappa shape index (κ1) is 18.8. The molecule has 25 heavy (non-hydrogen) atoms. The molecule has 5 nitrogen and oxygen atoms in total. The minimum absolute atomic E-state index is 0.0185. The molecular weight excluding hydrogens is 316 g/mol. The third-order valence-corrected chi connectivity index (χ3v) is 4.11. The molecule has 2 aromatic carbocycles. The lowest BCUT2D eigenvalue weighted by atomic mass is 10.0. The second kappa shape index (κ2) is 9.08. The molecule has 0 aliphatic heterocycles. The average Bonchev–Trinajstić information content (AvgIpc) is 2.62. The zero-order valence-electron chi connectivity index (χ0n) is 15.3. The number of para-hydroxylation sites is 1. The van der Waals surface area contributed by atoms with Crippen LogP contribution in [0.5, 0.6) is 11.5 Å². The molecule has 2 aromatic rings. The number of nitrogens with one attached hydrogen (secondary N) is 1. The van der Waals surface area contributed by atoms with Gasteiger partial charge in [-0.15, -0.1) is 0 Å². The molecule has 0 spiro atoms. The molecular formula is C20H26N2O3. The van der Waals surface area contributed by atoms with E-state index in [0.29, 0.717) is 13.0 Å². The van der Waals surface area contributed by atoms with Gasteiger partial charge in [0.1, 0.15) is 11.5 Å². The summed E-state index contributed by atoms with van der Waals surface area (Å²) in [6.07, 6.45) is 0.323. The Bertz CT molecular complexity index is 701. The standard InChI is InChI=1S/C20H26N2O3/c1-22(2)18(17-10-5-6-11-19(17)25-4)14-21-20(23)13-15-8-7-9-16(12-15)24-3/h5-12,18H,13-14H2,1-4H3,(H,21,23). The van der Waals surface area contributed by atoms with Crippen LogP contribution in [0.1, 0.15) is 17.2 Å². The van der Waals surface area contributed by atoms with Gasteiger partial charge in [-0.1, -0.05) is 30.3 Å². The predicted molar refractivity (Wildman–Crippen MR) is 99.1 cm³/mol. The fraction of sp³-hybridized carbons (Fsp3) is 0.350. The number of carbonyl (C=O) groups excluding carboxylic acids is 1. The summed E-state index contributed by atoms with van der Waals surface area (Å²) in [6.45, 7) is 0.510. The highest BCUT2D eigenvalue weighted by molar-refractivity contribution is 5.78. The Balaban J connectivity index is 2.02. The molecule has 1 N–H and O–H groups in total. The number of amides is 1. The number of likely N-dealkylation sites (N-methyl/N-ethyl adjacent to an activating group) is 1. The van der Waals surface area contributed by atoms with Crippen LogP contribution in [-0.2, 0) is 11.2 Å². The van der Waals surface area contributed by atoms with E-state index >= 15 is 0 Å². The van der Waals surface area contributed by atoms with Crippen LogP contribution in [0.25, 0.3) is 0 Å². The van der Waals surface area contributed by atoms with Gasteiger partial charge in [0.25, 0.3) is 0 Å². The second-order valence-corrected chi connectivity index (χ2v) is 6.05. The first-order valence-electron chi connectivity index (χ1n) is 8.24. The molecule has 0 saturated heterocycles. The van der Waals surface area contributed by atoms with Gasteiger partial charge in [0.2, 0.25) is 5.91 Å². The Morgan fingerprint density at radius 1 is 1.08 bits per heavy atom. The van der Waals surface area contributed by atoms with Crippen molar-refractivity contribution in [3.63, 3.8) is 0 Å². The Labute approximate surface area is 149 Å². The predicted octanol–water partition coefficient (Wildman–Crippen LogP) is 2.67. The summed E-state index contributed by atoms with van der Waals surface area (Å²) in [6, 6.07) is 15.5. The monoisotopic (exact) mass is 342 g/mol. The van der Waals surface area contributed by atoms with Gasteiger partial charge in [0, 0.05) is 12.1 Å². The quantitative estimate of drug-likeness (QED) is 0.801. The third-order valence-electron chi connectivity index (χ3n) is 4.11. The number of hydrogen-bond donors (Lipinski definition) is 1. The first-order valence-corrected chi connectivity index (χ1v) is 8.24. The number of benzene rings is 2. The lowest BCUT2D eigenvalue weighted by Crippen LogP contribution is -2.35. The largest absolute Gasteiger partial charge is 0.497 e. The van der Waals surface area contributed by atoms with Crippen LogP contribution in [0, 0.1) is 0 Å². The van der Waals surface area contributed by atoms with E-state index in [0.717, 1.165) is 22.6 Å². The highest BCUT2D eigenvalue weighted by Crippen LogP contribution is 2.27. The van der Waals surface area contributed by atoms with Gasteiger partial charge in [-0.2, -0.15) is 0 Å². The van der Waals surface area contributed by atoms with Gasteiger partial charge >= 0.3 is 0 Å². The highest BCUT2D eigenvalue weighted by Gasteiger charge is 2.19.